The number of anilines is 2. The summed E-state index contributed by atoms with van der Waals surface area (Å²) in [5.41, 5.74) is 7.59. The van der Waals surface area contributed by atoms with Crippen LogP contribution in [0.15, 0.2) is 42.5 Å². The zero-order chi connectivity index (χ0) is 26.0. The maximum absolute atomic E-state index is 14.8. The Morgan fingerprint density at radius 3 is 2.75 bits per heavy atom. The fraction of sp³-hybridized carbons (Fsp3) is 0.360. The van der Waals surface area contributed by atoms with Crippen LogP contribution in [0.3, 0.4) is 0 Å². The van der Waals surface area contributed by atoms with E-state index in [4.69, 9.17) is 5.73 Å². The van der Waals surface area contributed by atoms with Crippen LogP contribution in [0.5, 0.6) is 0 Å². The fourth-order valence-corrected chi connectivity index (χ4v) is 6.41. The molecule has 3 aromatic rings. The average Bonchev–Trinajstić information content (AvgIpc) is 3.41. The van der Waals surface area contributed by atoms with Gasteiger partial charge < -0.3 is 16.2 Å². The van der Waals surface area contributed by atoms with Crippen LogP contribution in [-0.4, -0.2) is 60.0 Å². The van der Waals surface area contributed by atoms with Crippen molar-refractivity contribution < 1.29 is 22.7 Å². The molecule has 0 saturated carbocycles. The Hall–Kier alpha value is -2.86. The molecule has 3 heterocycles. The van der Waals surface area contributed by atoms with Gasteiger partial charge in [0.15, 0.2) is 9.84 Å². The third kappa shape index (κ3) is 6.28. The number of nitrogens with zero attached hydrogens (tertiary/aromatic N) is 2. The number of nitrogens with two attached hydrogens (primary N) is 1. The Bertz CT molecular complexity index is 1370. The Balaban J connectivity index is 1.53. The molecular formula is C25H29FN4O4S2. The van der Waals surface area contributed by atoms with E-state index in [0.717, 1.165) is 5.69 Å². The molecule has 0 spiro atoms. The molecule has 11 heteroatoms. The zero-order valence-electron chi connectivity index (χ0n) is 20.1. The van der Waals surface area contributed by atoms with Gasteiger partial charge in [0, 0.05) is 29.8 Å². The van der Waals surface area contributed by atoms with E-state index in [2.05, 4.69) is 15.2 Å². The predicted octanol–water partition coefficient (Wildman–Crippen LogP) is 3.33. The number of carbonyl (C=O) groups excluding carboxylic acids is 1. The highest BCUT2D eigenvalue weighted by Crippen LogP contribution is 2.38. The number of nitrogens with one attached hydrogen (secondary N) is 1. The number of amides is 1. The van der Waals surface area contributed by atoms with Crippen molar-refractivity contribution in [2.45, 2.75) is 37.7 Å². The highest BCUT2D eigenvalue weighted by molar-refractivity contribution is 7.91. The first kappa shape index (κ1) is 26.2. The van der Waals surface area contributed by atoms with Gasteiger partial charge in [-0.05, 0) is 56.1 Å². The van der Waals surface area contributed by atoms with Gasteiger partial charge >= 0.3 is 0 Å². The van der Waals surface area contributed by atoms with Crippen molar-refractivity contribution in [3.63, 3.8) is 0 Å². The molecule has 1 aromatic carbocycles. The summed E-state index contributed by atoms with van der Waals surface area (Å²) < 4.78 is 38.5. The lowest BCUT2D eigenvalue weighted by Crippen LogP contribution is -2.26. The van der Waals surface area contributed by atoms with Crippen LogP contribution < -0.4 is 11.1 Å². The van der Waals surface area contributed by atoms with Crippen molar-refractivity contribution in [2.75, 3.05) is 24.7 Å². The number of hydrogen-bond acceptors (Lipinski definition) is 8. The van der Waals surface area contributed by atoms with E-state index in [-0.39, 0.29) is 10.8 Å². The van der Waals surface area contributed by atoms with E-state index in [1.807, 2.05) is 12.1 Å². The summed E-state index contributed by atoms with van der Waals surface area (Å²) >= 11 is 1.19. The van der Waals surface area contributed by atoms with E-state index >= 15 is 0 Å². The molecule has 1 aliphatic rings. The van der Waals surface area contributed by atoms with Crippen LogP contribution in [0.25, 0.3) is 10.4 Å². The quantitative estimate of drug-likeness (QED) is 0.386. The summed E-state index contributed by atoms with van der Waals surface area (Å²) in [6, 6.07) is 11.8. The third-order valence-corrected chi connectivity index (χ3v) is 8.78. The van der Waals surface area contributed by atoms with Gasteiger partial charge in [0.1, 0.15) is 16.6 Å². The Morgan fingerprint density at radius 1 is 1.33 bits per heavy atom. The zero-order valence-corrected chi connectivity index (χ0v) is 21.7. The number of aliphatic hydroxyl groups is 1. The van der Waals surface area contributed by atoms with Crippen LogP contribution in [0.2, 0.25) is 0 Å². The molecule has 2 atom stereocenters. The number of hydrogen-bond donors (Lipinski definition) is 3. The number of likely N-dealkylation sites (tertiary alicyclic amines) is 1. The number of aromatic nitrogens is 1. The Morgan fingerprint density at radius 2 is 2.11 bits per heavy atom. The van der Waals surface area contributed by atoms with Crippen LogP contribution in [0.4, 0.5) is 15.2 Å². The highest BCUT2D eigenvalue weighted by atomic mass is 32.2. The fourth-order valence-electron chi connectivity index (χ4n) is 4.30. The SMILES string of the molecule is CC(O)Cc1ccc(-c2cc(C(N)=O)c(Nc3cccc(CN4CCC(S(C)(=O)=O)C4)n3)s2)c(F)c1. The van der Waals surface area contributed by atoms with Crippen LogP contribution >= 0.6 is 11.3 Å². The first-order valence-electron chi connectivity index (χ1n) is 11.5. The summed E-state index contributed by atoms with van der Waals surface area (Å²) in [7, 11) is -3.08. The smallest absolute Gasteiger partial charge is 0.251 e. The topological polar surface area (TPSA) is 126 Å². The van der Waals surface area contributed by atoms with Crippen molar-refractivity contribution >= 4 is 37.9 Å². The summed E-state index contributed by atoms with van der Waals surface area (Å²) in [4.78, 5) is 19.3. The van der Waals surface area contributed by atoms with Gasteiger partial charge in [-0.3, -0.25) is 9.69 Å². The monoisotopic (exact) mass is 532 g/mol. The van der Waals surface area contributed by atoms with Gasteiger partial charge in [0.2, 0.25) is 0 Å². The first-order valence-corrected chi connectivity index (χ1v) is 14.3. The molecular weight excluding hydrogens is 503 g/mol. The van der Waals surface area contributed by atoms with Gasteiger partial charge in [0.25, 0.3) is 5.91 Å². The molecule has 36 heavy (non-hydrogen) atoms. The molecule has 0 aliphatic carbocycles. The van der Waals surface area contributed by atoms with Crippen molar-refractivity contribution in [1.29, 1.82) is 0 Å². The second-order valence-electron chi connectivity index (χ2n) is 9.20. The number of halogens is 1. The maximum atomic E-state index is 14.8. The lowest BCUT2D eigenvalue weighted by atomic mass is 10.0. The number of rotatable bonds is 9. The largest absolute Gasteiger partial charge is 0.393 e. The third-order valence-electron chi connectivity index (χ3n) is 6.10. The van der Waals surface area contributed by atoms with Gasteiger partial charge in [-0.1, -0.05) is 18.2 Å². The van der Waals surface area contributed by atoms with E-state index in [9.17, 15) is 22.7 Å². The summed E-state index contributed by atoms with van der Waals surface area (Å²) in [5.74, 6) is -0.601. The van der Waals surface area contributed by atoms with Crippen LogP contribution in [0.1, 0.15) is 35.0 Å². The van der Waals surface area contributed by atoms with E-state index in [0.29, 0.717) is 59.3 Å². The van der Waals surface area contributed by atoms with Crippen molar-refractivity contribution in [1.82, 2.24) is 9.88 Å². The summed E-state index contributed by atoms with van der Waals surface area (Å²) in [6.07, 6.45) is 1.64. The second kappa shape index (κ2) is 10.6. The minimum absolute atomic E-state index is 0.227. The lowest BCUT2D eigenvalue weighted by Gasteiger charge is -2.15. The molecule has 2 unspecified atom stereocenters. The molecule has 4 N–H and O–H groups in total. The molecule has 1 aliphatic heterocycles. The predicted molar refractivity (Wildman–Crippen MR) is 140 cm³/mol. The van der Waals surface area contributed by atoms with Gasteiger partial charge in [-0.25, -0.2) is 17.8 Å². The standard InChI is InChI=1S/C25H29FN4O4S2/c1-15(31)10-16-6-7-19(21(26)11-16)22-12-20(24(27)32)25(35-22)29-23-5-3-4-17(28-23)13-30-9-8-18(14-30)36(2,33)34/h3-7,11-12,15,18,31H,8-10,13-14H2,1-2H3,(H2,27,32)(H,28,29). The van der Waals surface area contributed by atoms with Gasteiger partial charge in [-0.15, -0.1) is 11.3 Å². The average molecular weight is 533 g/mol. The molecule has 1 fully saturated rings. The first-order chi connectivity index (χ1) is 17.0. The van der Waals surface area contributed by atoms with Crippen molar-refractivity contribution in [3.8, 4) is 10.4 Å². The molecule has 8 nitrogen and oxygen atoms in total. The Labute approximate surface area is 213 Å². The lowest BCUT2D eigenvalue weighted by molar-refractivity contribution is 0.100. The number of sulfone groups is 1. The van der Waals surface area contributed by atoms with Crippen molar-refractivity contribution in [3.05, 3.63) is 65.1 Å². The molecule has 4 rings (SSSR count). The number of carbonyl (C=O) groups is 1. The minimum atomic E-state index is -3.08. The summed E-state index contributed by atoms with van der Waals surface area (Å²) in [6.45, 7) is 3.30. The van der Waals surface area contributed by atoms with E-state index in [1.165, 1.54) is 23.7 Å². The second-order valence-corrected chi connectivity index (χ2v) is 12.6. The molecule has 0 radical (unpaired) electrons. The van der Waals surface area contributed by atoms with Gasteiger partial charge in [0.05, 0.1) is 22.6 Å². The maximum Gasteiger partial charge on any atom is 0.251 e. The number of primary amides is 1. The molecule has 0 bridgehead atoms. The number of aliphatic hydroxyl groups excluding tert-OH is 1. The van der Waals surface area contributed by atoms with Gasteiger partial charge in [-0.2, -0.15) is 0 Å². The highest BCUT2D eigenvalue weighted by Gasteiger charge is 2.30. The molecule has 192 valence electrons. The minimum Gasteiger partial charge on any atom is -0.393 e. The van der Waals surface area contributed by atoms with Crippen LogP contribution in [0, 0.1) is 5.82 Å². The normalized spacial score (nSPS) is 17.3. The Kier molecular flexibility index (Phi) is 7.74. The van der Waals surface area contributed by atoms with E-state index < -0.39 is 27.7 Å². The molecule has 1 saturated heterocycles. The number of pyridine rings is 1. The van der Waals surface area contributed by atoms with E-state index in [1.54, 1.807) is 31.2 Å². The summed E-state index contributed by atoms with van der Waals surface area (Å²) in [5, 5.41) is 12.8. The number of benzene rings is 1. The van der Waals surface area contributed by atoms with Crippen LogP contribution in [-0.2, 0) is 22.8 Å². The molecule has 1 amide bonds. The van der Waals surface area contributed by atoms with Crippen molar-refractivity contribution in [2.24, 2.45) is 5.73 Å². The number of thiophene rings is 1. The molecule has 2 aromatic heterocycles.